The molecule has 6 nitrogen and oxygen atoms in total. The number of fused-ring (bicyclic) bond motifs is 1. The predicted octanol–water partition coefficient (Wildman–Crippen LogP) is 3.39. The van der Waals surface area contributed by atoms with Crippen molar-refractivity contribution in [3.05, 3.63) is 39.2 Å². The summed E-state index contributed by atoms with van der Waals surface area (Å²) >= 11 is -1.31. The van der Waals surface area contributed by atoms with Gasteiger partial charge in [0, 0.05) is 43.1 Å². The fraction of sp³-hybridized carbons (Fsp3) is 0.619. The number of hydrogen-bond donors (Lipinski definition) is 1. The second-order valence-electron chi connectivity index (χ2n) is 8.76. The van der Waals surface area contributed by atoms with Crippen LogP contribution in [0.4, 0.5) is 4.39 Å². The van der Waals surface area contributed by atoms with Crippen molar-refractivity contribution in [1.82, 2.24) is 14.3 Å². The lowest BCUT2D eigenvalue weighted by atomic mass is 9.97. The molecule has 0 unspecified atom stereocenters. The topological polar surface area (TPSA) is 79.2 Å². The molecule has 0 radical (unpaired) electrons. The van der Waals surface area contributed by atoms with Gasteiger partial charge in [-0.15, -0.1) is 4.72 Å². The number of aryl methyl sites for hydroxylation is 1. The maximum absolute atomic E-state index is 15.0. The van der Waals surface area contributed by atoms with Gasteiger partial charge < -0.3 is 9.29 Å². The lowest BCUT2D eigenvalue weighted by molar-refractivity contribution is 0.0828. The minimum absolute atomic E-state index is 0.00602. The summed E-state index contributed by atoms with van der Waals surface area (Å²) in [5.74, 6) is 0.203. The molecule has 1 aromatic heterocycles. The van der Waals surface area contributed by atoms with Crippen LogP contribution in [0.1, 0.15) is 69.4 Å². The van der Waals surface area contributed by atoms with Gasteiger partial charge in [-0.1, -0.05) is 0 Å². The molecule has 2 heterocycles. The first-order chi connectivity index (χ1) is 13.5. The fourth-order valence-electron chi connectivity index (χ4n) is 3.64. The maximum Gasteiger partial charge on any atom is 0.264 e. The normalized spacial score (nSPS) is 18.2. The first-order valence-electron chi connectivity index (χ1n) is 9.97. The largest absolute Gasteiger partial charge is 0.598 e. The molecule has 160 valence electrons. The maximum atomic E-state index is 15.0. The van der Waals surface area contributed by atoms with Crippen LogP contribution in [0, 0.1) is 12.7 Å². The molecule has 1 saturated heterocycles. The van der Waals surface area contributed by atoms with Crippen molar-refractivity contribution in [1.29, 1.82) is 0 Å². The molecule has 1 aliphatic rings. The number of halogens is 1. The van der Waals surface area contributed by atoms with Crippen LogP contribution in [0.5, 0.6) is 0 Å². The van der Waals surface area contributed by atoms with E-state index in [0.717, 1.165) is 12.8 Å². The Labute approximate surface area is 174 Å². The van der Waals surface area contributed by atoms with E-state index in [2.05, 4.69) is 4.72 Å². The van der Waals surface area contributed by atoms with Gasteiger partial charge >= 0.3 is 0 Å². The Kier molecular flexibility index (Phi) is 6.38. The van der Waals surface area contributed by atoms with Crippen LogP contribution in [0.15, 0.2) is 10.9 Å². The Balaban J connectivity index is 2.18. The van der Waals surface area contributed by atoms with Crippen molar-refractivity contribution in [2.45, 2.75) is 64.2 Å². The van der Waals surface area contributed by atoms with Crippen LogP contribution in [0.3, 0.4) is 0 Å². The van der Waals surface area contributed by atoms with Crippen LogP contribution in [-0.4, -0.2) is 32.1 Å². The molecule has 0 amide bonds. The zero-order valence-electron chi connectivity index (χ0n) is 18.0. The molecule has 2 atom stereocenters. The van der Waals surface area contributed by atoms with Crippen molar-refractivity contribution in [3.8, 4) is 0 Å². The third kappa shape index (κ3) is 4.35. The molecule has 0 spiro atoms. The zero-order chi connectivity index (χ0) is 21.5. The monoisotopic (exact) mass is 423 g/mol. The number of nitrogens with one attached hydrogen (secondary N) is 1. The van der Waals surface area contributed by atoms with E-state index in [1.165, 1.54) is 4.57 Å². The standard InChI is InChI=1S/C21H30FN3O3S/c1-12-11-15(13(2)24-29(27)21(3,4)5)18-16(17(12)22)20(26)25(6)19(23-18)14-7-9-28-10-8-14/h11,13-14,24H,7-10H2,1-6H3/t13-,29-/m1/s1. The summed E-state index contributed by atoms with van der Waals surface area (Å²) in [4.78, 5) is 17.9. The molecule has 0 aliphatic carbocycles. The highest BCUT2D eigenvalue weighted by Gasteiger charge is 2.30. The van der Waals surface area contributed by atoms with Crippen LogP contribution in [0.25, 0.3) is 10.9 Å². The molecule has 2 aromatic rings. The molecular formula is C21H30FN3O3S. The van der Waals surface area contributed by atoms with Crippen LogP contribution in [0.2, 0.25) is 0 Å². The van der Waals surface area contributed by atoms with Crippen LogP contribution in [-0.2, 0) is 23.1 Å². The molecular weight excluding hydrogens is 393 g/mol. The summed E-state index contributed by atoms with van der Waals surface area (Å²) < 4.78 is 37.1. The predicted molar refractivity (Wildman–Crippen MR) is 114 cm³/mol. The average Bonchev–Trinajstić information content (AvgIpc) is 2.66. The lowest BCUT2D eigenvalue weighted by Gasteiger charge is -2.27. The summed E-state index contributed by atoms with van der Waals surface area (Å²) in [6.07, 6.45) is 1.55. The molecule has 3 rings (SSSR count). The van der Waals surface area contributed by atoms with E-state index >= 15 is 0 Å². The van der Waals surface area contributed by atoms with Crippen molar-refractivity contribution in [3.63, 3.8) is 0 Å². The third-order valence-corrected chi connectivity index (χ3v) is 7.11. The average molecular weight is 424 g/mol. The van der Waals surface area contributed by atoms with E-state index in [-0.39, 0.29) is 22.9 Å². The summed E-state index contributed by atoms with van der Waals surface area (Å²) in [5.41, 5.74) is 1.02. The fourth-order valence-corrected chi connectivity index (χ4v) is 4.44. The van der Waals surface area contributed by atoms with Gasteiger partial charge in [-0.3, -0.25) is 9.36 Å². The highest BCUT2D eigenvalue weighted by molar-refractivity contribution is 7.90. The second-order valence-corrected chi connectivity index (χ2v) is 10.8. The number of rotatable bonds is 4. The van der Waals surface area contributed by atoms with Crippen LogP contribution >= 0.6 is 0 Å². The highest BCUT2D eigenvalue weighted by Crippen LogP contribution is 2.31. The third-order valence-electron chi connectivity index (χ3n) is 5.43. The van der Waals surface area contributed by atoms with Gasteiger partial charge in [-0.05, 0) is 59.1 Å². The summed E-state index contributed by atoms with van der Waals surface area (Å²) in [6, 6.07) is 1.34. The van der Waals surface area contributed by atoms with Crippen molar-refractivity contribution < 1.29 is 13.7 Å². The molecule has 0 saturated carbocycles. The Bertz CT molecular complexity index is 965. The molecule has 8 heteroatoms. The number of benzene rings is 1. The molecule has 1 N–H and O–H groups in total. The van der Waals surface area contributed by atoms with E-state index < -0.39 is 21.9 Å². The van der Waals surface area contributed by atoms with E-state index in [0.29, 0.717) is 35.7 Å². The van der Waals surface area contributed by atoms with Gasteiger partial charge in [0.05, 0.1) is 11.6 Å². The molecule has 1 aliphatic heterocycles. The van der Waals surface area contributed by atoms with Gasteiger partial charge in [0.25, 0.3) is 5.56 Å². The Morgan fingerprint density at radius 3 is 2.59 bits per heavy atom. The Hall–Kier alpha value is -1.48. The smallest absolute Gasteiger partial charge is 0.264 e. The lowest BCUT2D eigenvalue weighted by Crippen LogP contribution is -2.40. The van der Waals surface area contributed by atoms with Crippen molar-refractivity contribution in [2.75, 3.05) is 13.2 Å². The van der Waals surface area contributed by atoms with Crippen LogP contribution < -0.4 is 10.3 Å². The van der Waals surface area contributed by atoms with Crippen molar-refractivity contribution >= 4 is 22.3 Å². The van der Waals surface area contributed by atoms with E-state index in [1.54, 1.807) is 20.0 Å². The van der Waals surface area contributed by atoms with E-state index in [1.807, 2.05) is 27.7 Å². The molecule has 1 aromatic carbocycles. The summed E-state index contributed by atoms with van der Waals surface area (Å²) in [6.45, 7) is 10.4. The van der Waals surface area contributed by atoms with Gasteiger partial charge in [0.1, 0.15) is 21.8 Å². The minimum atomic E-state index is -1.31. The van der Waals surface area contributed by atoms with E-state index in [4.69, 9.17) is 9.72 Å². The highest BCUT2D eigenvalue weighted by atomic mass is 32.2. The number of hydrogen-bond acceptors (Lipinski definition) is 5. The number of nitrogens with zero attached hydrogens (tertiary/aromatic N) is 2. The van der Waals surface area contributed by atoms with Gasteiger partial charge in [-0.25, -0.2) is 9.37 Å². The van der Waals surface area contributed by atoms with Crippen molar-refractivity contribution in [2.24, 2.45) is 7.05 Å². The SMILES string of the molecule is Cc1cc([C@@H](C)N[S@+]([O-])C(C)(C)C)c2nc(C3CCOCC3)n(C)c(=O)c2c1F. The molecule has 0 bridgehead atoms. The summed E-state index contributed by atoms with van der Waals surface area (Å²) in [7, 11) is 1.65. The van der Waals surface area contributed by atoms with Gasteiger partial charge in [-0.2, -0.15) is 0 Å². The first-order valence-corrected chi connectivity index (χ1v) is 11.1. The zero-order valence-corrected chi connectivity index (χ0v) is 18.8. The quantitative estimate of drug-likeness (QED) is 0.763. The number of aromatic nitrogens is 2. The number of ether oxygens (including phenoxy) is 1. The minimum Gasteiger partial charge on any atom is -0.598 e. The van der Waals surface area contributed by atoms with E-state index in [9.17, 15) is 13.7 Å². The van der Waals surface area contributed by atoms with Gasteiger partial charge in [0.15, 0.2) is 0 Å². The Morgan fingerprint density at radius 1 is 1.38 bits per heavy atom. The first kappa shape index (κ1) is 22.2. The van der Waals surface area contributed by atoms with Gasteiger partial charge in [0.2, 0.25) is 0 Å². The second kappa shape index (κ2) is 8.34. The molecule has 29 heavy (non-hydrogen) atoms. The Morgan fingerprint density at radius 2 is 2.00 bits per heavy atom. The summed E-state index contributed by atoms with van der Waals surface area (Å²) in [5, 5.41) is -0.00602. The molecule has 1 fully saturated rings.